The number of hydrogen-bond acceptors (Lipinski definition) is 8. The molecule has 0 aliphatic carbocycles. The number of anilines is 1. The van der Waals surface area contributed by atoms with Gasteiger partial charge in [0.1, 0.15) is 23.8 Å². The predicted octanol–water partition coefficient (Wildman–Crippen LogP) is 2.36. The van der Waals surface area contributed by atoms with Crippen LogP contribution in [0.15, 0.2) is 76.4 Å². The molecule has 2 amide bonds. The highest BCUT2D eigenvalue weighted by Gasteiger charge is 2.47. The summed E-state index contributed by atoms with van der Waals surface area (Å²) in [6.45, 7) is 2.69. The maximum atomic E-state index is 13.0. The van der Waals surface area contributed by atoms with E-state index in [4.69, 9.17) is 15.6 Å². The normalized spacial score (nSPS) is 24.4. The van der Waals surface area contributed by atoms with Crippen molar-refractivity contribution < 1.29 is 32.1 Å². The molecule has 218 valence electrons. The lowest BCUT2D eigenvalue weighted by molar-refractivity contribution is -0.750. The summed E-state index contributed by atoms with van der Waals surface area (Å²) in [6.07, 6.45) is 0.792. The van der Waals surface area contributed by atoms with Gasteiger partial charge in [-0.3, -0.25) is 14.6 Å². The average Bonchev–Trinajstić information content (AvgIpc) is 3.28. The number of nitrogens with zero attached hydrogens (tertiary/aromatic N) is 6. The van der Waals surface area contributed by atoms with E-state index in [1.807, 2.05) is 11.9 Å². The second-order valence-corrected chi connectivity index (χ2v) is 10.6. The van der Waals surface area contributed by atoms with Crippen molar-refractivity contribution in [1.29, 1.82) is 0 Å². The number of quaternary nitrogens is 1. The number of halogens is 3. The van der Waals surface area contributed by atoms with E-state index in [1.54, 1.807) is 30.7 Å². The smallest absolute Gasteiger partial charge is 0.368 e. The largest absolute Gasteiger partial charge is 0.416 e. The molecule has 2 saturated heterocycles. The highest BCUT2D eigenvalue weighted by Crippen LogP contribution is 2.35. The molecule has 3 N–H and O–H groups in total. The van der Waals surface area contributed by atoms with Gasteiger partial charge in [0.05, 0.1) is 42.6 Å². The molecule has 14 heteroatoms. The molecule has 42 heavy (non-hydrogen) atoms. The molecular formula is C28H28F3N8O3+. The number of aromatic nitrogens is 1. The first-order valence-electron chi connectivity index (χ1n) is 13.3. The van der Waals surface area contributed by atoms with Crippen molar-refractivity contribution in [2.45, 2.75) is 12.3 Å². The summed E-state index contributed by atoms with van der Waals surface area (Å²) in [5, 5.41) is 2.40. The number of morpholine rings is 1. The van der Waals surface area contributed by atoms with Gasteiger partial charge in [0.2, 0.25) is 11.6 Å². The molecule has 6 rings (SSSR count). The maximum Gasteiger partial charge on any atom is 0.416 e. The van der Waals surface area contributed by atoms with E-state index in [0.29, 0.717) is 42.5 Å². The van der Waals surface area contributed by atoms with Crippen molar-refractivity contribution >= 4 is 29.7 Å². The van der Waals surface area contributed by atoms with Crippen LogP contribution in [0, 0.1) is 5.92 Å². The van der Waals surface area contributed by atoms with Crippen molar-refractivity contribution in [1.82, 2.24) is 14.8 Å². The Kier molecular flexibility index (Phi) is 7.01. The number of carbonyl (C=O) groups excluding carboxylic acids is 2. The van der Waals surface area contributed by atoms with Gasteiger partial charge in [-0.1, -0.05) is 0 Å². The van der Waals surface area contributed by atoms with Crippen LogP contribution in [0.2, 0.25) is 0 Å². The fraction of sp³-hybridized carbons (Fsp3) is 0.321. The number of amidine groups is 1. The number of hydrogen-bond donors (Lipinski definition) is 2. The zero-order chi connectivity index (χ0) is 29.6. The quantitative estimate of drug-likeness (QED) is 0.413. The van der Waals surface area contributed by atoms with Gasteiger partial charge in [0, 0.05) is 31.4 Å². The Morgan fingerprint density at radius 2 is 1.90 bits per heavy atom. The number of benzene rings is 1. The number of rotatable bonds is 5. The van der Waals surface area contributed by atoms with Crippen molar-refractivity contribution in [2.24, 2.45) is 21.7 Å². The number of nitrogens with one attached hydrogen (secondary N) is 1. The molecule has 1 unspecified atom stereocenters. The van der Waals surface area contributed by atoms with Gasteiger partial charge >= 0.3 is 6.18 Å². The van der Waals surface area contributed by atoms with E-state index in [2.05, 4.69) is 20.2 Å². The van der Waals surface area contributed by atoms with Crippen LogP contribution in [-0.2, 0) is 15.7 Å². The second-order valence-electron chi connectivity index (χ2n) is 10.6. The van der Waals surface area contributed by atoms with Crippen LogP contribution >= 0.6 is 0 Å². The minimum atomic E-state index is -4.56. The summed E-state index contributed by atoms with van der Waals surface area (Å²) in [4.78, 5) is 42.6. The summed E-state index contributed by atoms with van der Waals surface area (Å²) in [6, 6.07) is 7.97. The van der Waals surface area contributed by atoms with Gasteiger partial charge in [-0.25, -0.2) is 4.98 Å². The predicted molar refractivity (Wildman–Crippen MR) is 147 cm³/mol. The van der Waals surface area contributed by atoms with Crippen molar-refractivity contribution in [3.8, 4) is 0 Å². The highest BCUT2D eigenvalue weighted by molar-refractivity contribution is 6.05. The molecule has 1 aromatic heterocycles. The summed E-state index contributed by atoms with van der Waals surface area (Å²) < 4.78 is 44.9. The number of aliphatic imine (C=N–C) groups is 2. The summed E-state index contributed by atoms with van der Waals surface area (Å²) in [5.41, 5.74) is 1.08. The van der Waals surface area contributed by atoms with Gasteiger partial charge in [0.25, 0.3) is 11.7 Å². The topological polar surface area (TPSA) is 126 Å². The standard InChI is InChI=1S/C28H27F3N8O3/c1-37-14-19(15-37)27(41)38-9-11-42-22(16-38)24-21-13-33-8-10-39(21,32)25(36-24)17-2-4-18(5-3-17)26(40)35-23-12-20(6-7-34-23)28(29,30)31/h2-8,10,12-13,19,22H,9,11,14-16,32H2,1H3/p+1/t22-,39?/m1/s1. The van der Waals surface area contributed by atoms with Gasteiger partial charge in [-0.15, -0.1) is 4.59 Å². The van der Waals surface area contributed by atoms with Crippen LogP contribution in [0.1, 0.15) is 21.5 Å². The number of fused-ring (bicyclic) bond motifs is 1. The fourth-order valence-electron chi connectivity index (χ4n) is 5.41. The van der Waals surface area contributed by atoms with Crippen LogP contribution in [0.4, 0.5) is 19.0 Å². The second kappa shape index (κ2) is 10.5. The summed E-state index contributed by atoms with van der Waals surface area (Å²) >= 11 is 0. The number of ether oxygens (including phenoxy) is 1. The molecule has 0 bridgehead atoms. The van der Waals surface area contributed by atoms with E-state index in [1.165, 1.54) is 12.1 Å². The van der Waals surface area contributed by atoms with Crippen LogP contribution in [0.5, 0.6) is 0 Å². The number of carbonyl (C=O) groups is 2. The van der Waals surface area contributed by atoms with E-state index < -0.39 is 23.8 Å². The molecule has 2 fully saturated rings. The number of nitrogens with two attached hydrogens (primary N) is 1. The van der Waals surface area contributed by atoms with Crippen molar-refractivity contribution in [3.63, 3.8) is 0 Å². The Morgan fingerprint density at radius 3 is 2.62 bits per heavy atom. The Morgan fingerprint density at radius 1 is 1.14 bits per heavy atom. The number of allylic oxidation sites excluding steroid dienone is 1. The molecule has 0 saturated carbocycles. The number of pyridine rings is 1. The SMILES string of the molecule is CN1CC(C(=O)N2CCO[C@@H](C3=C4C=NC=C[N+]4(N)C(c4ccc(C(=O)Nc5cc(C(F)(F)F)ccn5)cc4)=N3)C2)C1. The first-order valence-corrected chi connectivity index (χ1v) is 13.3. The Balaban J connectivity index is 1.21. The Bertz CT molecular complexity index is 1550. The van der Waals surface area contributed by atoms with Crippen LogP contribution in [-0.4, -0.2) is 89.2 Å². The first-order chi connectivity index (χ1) is 20.0. The molecule has 4 aliphatic rings. The third-order valence-electron chi connectivity index (χ3n) is 7.65. The molecule has 0 radical (unpaired) electrons. The average molecular weight is 582 g/mol. The summed E-state index contributed by atoms with van der Waals surface area (Å²) in [7, 11) is 1.98. The van der Waals surface area contributed by atoms with Crippen molar-refractivity contribution in [2.75, 3.05) is 45.2 Å². The monoisotopic (exact) mass is 581 g/mol. The first kappa shape index (κ1) is 27.9. The van der Waals surface area contributed by atoms with Gasteiger partial charge in [-0.05, 0) is 43.4 Å². The molecular weight excluding hydrogens is 553 g/mol. The lowest BCUT2D eigenvalue weighted by Crippen LogP contribution is -2.56. The van der Waals surface area contributed by atoms with Crippen LogP contribution in [0.3, 0.4) is 0 Å². The highest BCUT2D eigenvalue weighted by atomic mass is 19.4. The lowest BCUT2D eigenvalue weighted by Gasteiger charge is -2.40. The van der Waals surface area contributed by atoms with E-state index in [-0.39, 0.29) is 27.8 Å². The van der Waals surface area contributed by atoms with Gasteiger partial charge in [0.15, 0.2) is 0 Å². The number of amides is 2. The maximum absolute atomic E-state index is 13.0. The van der Waals surface area contributed by atoms with E-state index in [9.17, 15) is 22.8 Å². The third kappa shape index (κ3) is 5.13. The van der Waals surface area contributed by atoms with Crippen LogP contribution < -0.4 is 11.2 Å². The number of likely N-dealkylation sites (tertiary alicyclic amines) is 1. The molecule has 1 aromatic carbocycles. The van der Waals surface area contributed by atoms with Gasteiger partial charge in [-0.2, -0.15) is 24.0 Å². The number of alkyl halides is 3. The molecule has 2 aromatic rings. The summed E-state index contributed by atoms with van der Waals surface area (Å²) in [5.74, 6) is 6.53. The van der Waals surface area contributed by atoms with E-state index >= 15 is 0 Å². The molecule has 4 aliphatic heterocycles. The third-order valence-corrected chi connectivity index (χ3v) is 7.65. The minimum Gasteiger partial charge on any atom is -0.368 e. The lowest BCUT2D eigenvalue weighted by atomic mass is 9.99. The molecule has 0 spiro atoms. The zero-order valence-corrected chi connectivity index (χ0v) is 22.6. The van der Waals surface area contributed by atoms with Crippen LogP contribution in [0.25, 0.3) is 0 Å². The Labute approximate surface area is 239 Å². The minimum absolute atomic E-state index is 0.0160. The zero-order valence-electron chi connectivity index (χ0n) is 22.6. The van der Waals surface area contributed by atoms with E-state index in [0.717, 1.165) is 31.4 Å². The molecule has 5 heterocycles. The van der Waals surface area contributed by atoms with Gasteiger partial charge < -0.3 is 19.9 Å². The van der Waals surface area contributed by atoms with Crippen molar-refractivity contribution in [3.05, 3.63) is 83.1 Å². The molecule has 2 atom stereocenters. The molecule has 11 nitrogen and oxygen atoms in total. The Hall–Kier alpha value is -4.24. The fourth-order valence-corrected chi connectivity index (χ4v) is 5.41.